The number of nitrogens with zero attached hydrogens (tertiary/aromatic N) is 4. The van der Waals surface area contributed by atoms with Gasteiger partial charge in [-0.05, 0) is 18.7 Å². The molecule has 4 nitrogen and oxygen atoms in total. The van der Waals surface area contributed by atoms with E-state index in [9.17, 15) is 8.78 Å². The molecule has 1 radical (unpaired) electrons. The summed E-state index contributed by atoms with van der Waals surface area (Å²) in [5.41, 5.74) is 2.52. The number of hydrogen-bond acceptors (Lipinski definition) is 2. The van der Waals surface area contributed by atoms with Crippen molar-refractivity contribution in [1.82, 2.24) is 15.2 Å². The Hall–Kier alpha value is -2.24. The molecule has 0 spiro atoms. The summed E-state index contributed by atoms with van der Waals surface area (Å²) in [4.78, 5) is 3.95. The second kappa shape index (κ2) is 9.91. The maximum atomic E-state index is 13.2. The largest absolute Gasteiger partial charge is 0.570 e. The van der Waals surface area contributed by atoms with E-state index in [1.807, 2.05) is 37.9 Å². The van der Waals surface area contributed by atoms with Crippen molar-refractivity contribution in [3.8, 4) is 11.3 Å². The van der Waals surface area contributed by atoms with Gasteiger partial charge in [0.15, 0.2) is 0 Å². The van der Waals surface area contributed by atoms with Gasteiger partial charge in [-0.2, -0.15) is 0 Å². The van der Waals surface area contributed by atoms with Gasteiger partial charge in [0.25, 0.3) is 0 Å². The van der Waals surface area contributed by atoms with E-state index in [1.54, 1.807) is 24.4 Å². The van der Waals surface area contributed by atoms with Crippen LogP contribution in [0, 0.1) is 24.6 Å². The minimum atomic E-state index is -0.649. The minimum absolute atomic E-state index is 0. The Balaban J connectivity index is 0.000000254. The molecule has 0 aliphatic rings. The predicted octanol–water partition coefficient (Wildman–Crippen LogP) is 2.86. The molecule has 0 saturated carbocycles. The van der Waals surface area contributed by atoms with Crippen molar-refractivity contribution >= 4 is 6.21 Å². The molecule has 133 valence electrons. The van der Waals surface area contributed by atoms with E-state index in [4.69, 9.17) is 0 Å². The maximum Gasteiger partial charge on any atom is 0.149 e. The van der Waals surface area contributed by atoms with Crippen LogP contribution in [-0.4, -0.2) is 35.0 Å². The SMILES string of the molecule is Cc1cc(C=[N+](C)C)[n-]n1.Fc1c[c-]c(-c2ccccn2)c(F)c1.[Ir]. The van der Waals surface area contributed by atoms with Crippen LogP contribution in [0.5, 0.6) is 0 Å². The van der Waals surface area contributed by atoms with Gasteiger partial charge in [-0.3, -0.25) is 8.78 Å². The molecular weight excluding hydrogens is 502 g/mol. The Bertz CT molecular complexity index is 828. The first-order valence-electron chi connectivity index (χ1n) is 7.22. The number of aryl methyl sites for hydroxylation is 1. The van der Waals surface area contributed by atoms with E-state index in [0.29, 0.717) is 5.69 Å². The molecule has 0 N–H and O–H groups in total. The smallest absolute Gasteiger partial charge is 0.149 e. The molecule has 7 heteroatoms. The van der Waals surface area contributed by atoms with Crippen molar-refractivity contribution in [3.63, 3.8) is 0 Å². The number of hydrogen-bond donors (Lipinski definition) is 0. The first kappa shape index (κ1) is 20.8. The van der Waals surface area contributed by atoms with Gasteiger partial charge in [-0.1, -0.05) is 35.5 Å². The molecule has 2 aromatic heterocycles. The van der Waals surface area contributed by atoms with Crippen molar-refractivity contribution in [1.29, 1.82) is 0 Å². The molecule has 0 atom stereocenters. The summed E-state index contributed by atoms with van der Waals surface area (Å²) >= 11 is 0. The van der Waals surface area contributed by atoms with Crippen LogP contribution in [0.1, 0.15) is 11.4 Å². The van der Waals surface area contributed by atoms with Crippen LogP contribution in [0.3, 0.4) is 0 Å². The van der Waals surface area contributed by atoms with Gasteiger partial charge in [0, 0.05) is 43.6 Å². The molecule has 3 aromatic rings. The van der Waals surface area contributed by atoms with Gasteiger partial charge in [0.2, 0.25) is 0 Å². The summed E-state index contributed by atoms with van der Waals surface area (Å²) < 4.78 is 27.7. The molecule has 1 aromatic carbocycles. The zero-order valence-corrected chi connectivity index (χ0v) is 16.4. The molecular formula is C18H17F2IrN4-. The topological polar surface area (TPSA) is 42.9 Å². The van der Waals surface area contributed by atoms with Crippen LogP contribution in [0.25, 0.3) is 11.3 Å². The number of benzene rings is 1. The fraction of sp³-hybridized carbons (Fsp3) is 0.167. The Kier molecular flexibility index (Phi) is 8.25. The van der Waals surface area contributed by atoms with Crippen molar-refractivity contribution < 1.29 is 33.5 Å². The molecule has 0 bridgehead atoms. The molecule has 0 aliphatic carbocycles. The standard InChI is InChI=1S/C11H6F2N.C7H11N3.Ir/c12-8-4-5-9(10(13)7-8)11-3-1-2-6-14-11;1-6-4-7(9-8-6)5-10(2)3;/h1-4,6-7H;4-5H,1-3H3;/q-1;;. The molecule has 0 fully saturated rings. The number of pyridine rings is 1. The first-order valence-corrected chi connectivity index (χ1v) is 7.22. The van der Waals surface area contributed by atoms with Gasteiger partial charge in [-0.25, -0.2) is 4.58 Å². The van der Waals surface area contributed by atoms with E-state index < -0.39 is 11.6 Å². The van der Waals surface area contributed by atoms with Crippen molar-refractivity contribution in [2.45, 2.75) is 6.92 Å². The molecule has 3 rings (SSSR count). The number of rotatable bonds is 2. The quantitative estimate of drug-likeness (QED) is 0.297. The third-order valence-corrected chi connectivity index (χ3v) is 2.85. The van der Waals surface area contributed by atoms with E-state index in [-0.39, 0.29) is 25.7 Å². The zero-order valence-electron chi connectivity index (χ0n) is 14.0. The summed E-state index contributed by atoms with van der Waals surface area (Å²) in [6, 6.07) is 11.5. The Labute approximate surface area is 159 Å². The van der Waals surface area contributed by atoms with Crippen LogP contribution >= 0.6 is 0 Å². The normalized spacial score (nSPS) is 9.48. The van der Waals surface area contributed by atoms with Gasteiger partial charge >= 0.3 is 0 Å². The molecule has 25 heavy (non-hydrogen) atoms. The molecule has 2 heterocycles. The van der Waals surface area contributed by atoms with E-state index in [1.165, 1.54) is 0 Å². The Morgan fingerprint density at radius 2 is 1.96 bits per heavy atom. The first-order chi connectivity index (χ1) is 11.5. The van der Waals surface area contributed by atoms with Crippen molar-refractivity contribution in [2.24, 2.45) is 0 Å². The van der Waals surface area contributed by atoms with Crippen LogP contribution < -0.4 is 5.10 Å². The molecule has 0 saturated heterocycles. The number of aromatic nitrogens is 3. The summed E-state index contributed by atoms with van der Waals surface area (Å²) in [6.45, 7) is 1.93. The van der Waals surface area contributed by atoms with Gasteiger partial charge in [0.1, 0.15) is 20.3 Å². The molecule has 0 amide bonds. The summed E-state index contributed by atoms with van der Waals surface area (Å²) in [5.74, 6) is -1.29. The van der Waals surface area contributed by atoms with Gasteiger partial charge < -0.3 is 15.2 Å². The van der Waals surface area contributed by atoms with E-state index in [2.05, 4.69) is 21.2 Å². The summed E-state index contributed by atoms with van der Waals surface area (Å²) in [5, 5.41) is 7.77. The zero-order chi connectivity index (χ0) is 17.5. The second-order valence-electron chi connectivity index (χ2n) is 5.26. The third kappa shape index (κ3) is 6.64. The van der Waals surface area contributed by atoms with Gasteiger partial charge in [0.05, 0.1) is 0 Å². The molecule has 0 aliphatic heterocycles. The van der Waals surface area contributed by atoms with Crippen LogP contribution in [-0.2, 0) is 20.1 Å². The molecule has 0 unspecified atom stereocenters. The predicted molar refractivity (Wildman–Crippen MR) is 88.0 cm³/mol. The monoisotopic (exact) mass is 520 g/mol. The van der Waals surface area contributed by atoms with Crippen LogP contribution in [0.15, 0.2) is 42.6 Å². The van der Waals surface area contributed by atoms with Gasteiger partial charge in [-0.15, -0.1) is 12.1 Å². The summed E-state index contributed by atoms with van der Waals surface area (Å²) in [6.07, 6.45) is 3.48. The van der Waals surface area contributed by atoms with Crippen LogP contribution in [0.2, 0.25) is 0 Å². The fourth-order valence-corrected chi connectivity index (χ4v) is 1.89. The minimum Gasteiger partial charge on any atom is -0.570 e. The van der Waals surface area contributed by atoms with Crippen molar-refractivity contribution in [3.05, 3.63) is 71.7 Å². The van der Waals surface area contributed by atoms with Crippen LogP contribution in [0.4, 0.5) is 8.78 Å². The van der Waals surface area contributed by atoms with E-state index in [0.717, 1.165) is 23.5 Å². The third-order valence-electron chi connectivity index (χ3n) is 2.85. The Morgan fingerprint density at radius 1 is 1.20 bits per heavy atom. The van der Waals surface area contributed by atoms with Crippen molar-refractivity contribution in [2.75, 3.05) is 14.1 Å². The summed E-state index contributed by atoms with van der Waals surface area (Å²) in [7, 11) is 3.92. The second-order valence-corrected chi connectivity index (χ2v) is 5.26. The average Bonchev–Trinajstić information content (AvgIpc) is 2.93. The fourth-order valence-electron chi connectivity index (χ4n) is 1.89. The maximum absolute atomic E-state index is 13.2. The van der Waals surface area contributed by atoms with E-state index >= 15 is 0 Å². The average molecular weight is 520 g/mol. The Morgan fingerprint density at radius 3 is 2.48 bits per heavy atom. The number of halogens is 2.